The number of nitrogens with zero attached hydrogens (tertiary/aromatic N) is 1. The van der Waals surface area contributed by atoms with Crippen LogP contribution in [0, 0.1) is 0 Å². The molecule has 0 saturated carbocycles. The molecule has 10 heteroatoms. The van der Waals surface area contributed by atoms with E-state index in [-0.39, 0.29) is 24.9 Å². The third-order valence-corrected chi connectivity index (χ3v) is 18.0. The number of hydrogen-bond acceptors (Lipinski definition) is 7. The largest absolute Gasteiger partial charge is 0.756 e. The second kappa shape index (κ2) is 69.8. The second-order valence-corrected chi connectivity index (χ2v) is 28.5. The molecule has 0 heterocycles. The van der Waals surface area contributed by atoms with Crippen molar-refractivity contribution in [3.63, 3.8) is 0 Å². The van der Waals surface area contributed by atoms with Crippen molar-refractivity contribution in [1.82, 2.24) is 5.32 Å². The molecule has 0 bridgehead atoms. The number of rotatable bonds is 70. The number of esters is 1. The summed E-state index contributed by atoms with van der Waals surface area (Å²) in [5, 5.41) is 3.05. The maximum absolute atomic E-state index is 13.6. The fourth-order valence-corrected chi connectivity index (χ4v) is 11.8. The van der Waals surface area contributed by atoms with Crippen molar-refractivity contribution < 1.29 is 37.3 Å². The van der Waals surface area contributed by atoms with Crippen LogP contribution in [0.25, 0.3) is 0 Å². The lowest BCUT2D eigenvalue weighted by Crippen LogP contribution is -2.47. The SMILES string of the molecule is CC/C=C\C/C=C\C/C=C\C/C=C\C/C=C\C/C=C\CCCCCCCCCCC(=O)OC(/C=C/CCCCCCCCCCC)C(COP(=O)([O-])OCC[N+](C)(C)C)NC(=O)CCCCCCCCCCCCCCCCCCC/C=C/CCCCCCCC. The molecule has 0 aliphatic rings. The number of allylic oxidation sites excluding steroid dienone is 15. The number of unbranched alkanes of at least 4 members (excludes halogenated alkanes) is 40. The molecule has 528 valence electrons. The summed E-state index contributed by atoms with van der Waals surface area (Å²) in [6.45, 7) is 6.75. The molecule has 0 fully saturated rings. The van der Waals surface area contributed by atoms with Gasteiger partial charge in [-0.1, -0.05) is 330 Å². The van der Waals surface area contributed by atoms with Crippen LogP contribution in [0.15, 0.2) is 97.2 Å². The average Bonchev–Trinajstić information content (AvgIpc) is 3.03. The van der Waals surface area contributed by atoms with Gasteiger partial charge in [-0.2, -0.15) is 0 Å². The van der Waals surface area contributed by atoms with Gasteiger partial charge >= 0.3 is 5.97 Å². The molecule has 91 heavy (non-hydrogen) atoms. The van der Waals surface area contributed by atoms with E-state index in [1.54, 1.807) is 0 Å². The van der Waals surface area contributed by atoms with Gasteiger partial charge in [0.25, 0.3) is 7.82 Å². The summed E-state index contributed by atoms with van der Waals surface area (Å²) in [5.74, 6) is -0.542. The standard InChI is InChI=1S/C81H147N2O7P/c1-7-10-13-16-19-22-25-27-29-31-33-35-37-39-41-43-45-47-49-51-53-55-58-61-64-67-70-73-80(84)82-78(77-89-91(86,87)88-76-75-83(4,5)6)79(72-69-66-63-60-57-24-21-18-15-12-9-3)90-81(85)74-71-68-65-62-59-56-54-52-50-48-46-44-42-40-38-36-34-32-30-28-26-23-20-17-14-11-8-2/h11,14,20,23,27-30,34,36,40,42,46,48,69,72,78-79H,7-10,12-13,15-19,21-22,24-26,31-33,35,37-39,41,43-45,47,49-68,70-71,73-77H2,1-6H3,(H-,82,84,86,87)/b14-11-,23-20-,29-27+,30-28-,36-34-,42-40-,48-46-,72-69+. The zero-order chi connectivity index (χ0) is 66.3. The number of amides is 1. The molecular formula is C81H147N2O7P. The zero-order valence-electron chi connectivity index (χ0n) is 60.5. The van der Waals surface area contributed by atoms with Crippen molar-refractivity contribution in [2.24, 2.45) is 0 Å². The van der Waals surface area contributed by atoms with Gasteiger partial charge in [0.05, 0.1) is 33.8 Å². The lowest BCUT2D eigenvalue weighted by atomic mass is 10.0. The Kier molecular flexibility index (Phi) is 67.4. The Morgan fingerprint density at radius 2 is 0.703 bits per heavy atom. The van der Waals surface area contributed by atoms with Crippen LogP contribution in [0.2, 0.25) is 0 Å². The fraction of sp³-hybridized carbons (Fsp3) is 0.778. The van der Waals surface area contributed by atoms with Crippen molar-refractivity contribution >= 4 is 19.7 Å². The summed E-state index contributed by atoms with van der Waals surface area (Å²) >= 11 is 0. The Bertz CT molecular complexity index is 1880. The van der Waals surface area contributed by atoms with E-state index in [0.717, 1.165) is 109 Å². The van der Waals surface area contributed by atoms with Crippen molar-refractivity contribution in [2.45, 2.75) is 367 Å². The Hall–Kier alpha value is -3.07. The number of phosphoric acid groups is 1. The van der Waals surface area contributed by atoms with Gasteiger partial charge in [-0.3, -0.25) is 14.2 Å². The molecule has 0 aliphatic heterocycles. The van der Waals surface area contributed by atoms with Gasteiger partial charge in [-0.15, -0.1) is 0 Å². The van der Waals surface area contributed by atoms with Gasteiger partial charge < -0.3 is 28.5 Å². The first kappa shape index (κ1) is 87.9. The monoisotopic (exact) mass is 1290 g/mol. The van der Waals surface area contributed by atoms with Crippen LogP contribution in [-0.2, 0) is 27.9 Å². The smallest absolute Gasteiger partial charge is 0.306 e. The first-order valence-corrected chi connectivity index (χ1v) is 40.0. The van der Waals surface area contributed by atoms with Crippen LogP contribution >= 0.6 is 7.82 Å². The van der Waals surface area contributed by atoms with E-state index >= 15 is 0 Å². The van der Waals surface area contributed by atoms with Crippen LogP contribution in [0.4, 0.5) is 0 Å². The van der Waals surface area contributed by atoms with Crippen LogP contribution in [-0.4, -0.2) is 69.4 Å². The van der Waals surface area contributed by atoms with Crippen LogP contribution in [0.1, 0.15) is 355 Å². The van der Waals surface area contributed by atoms with Gasteiger partial charge in [0, 0.05) is 12.8 Å². The third-order valence-electron chi connectivity index (χ3n) is 17.0. The average molecular weight is 1290 g/mol. The lowest BCUT2D eigenvalue weighted by molar-refractivity contribution is -0.870. The highest BCUT2D eigenvalue weighted by Gasteiger charge is 2.27. The molecule has 3 unspecified atom stereocenters. The Balaban J connectivity index is 4.93. The Labute approximate surface area is 564 Å². The van der Waals surface area contributed by atoms with Gasteiger partial charge in [-0.25, -0.2) is 0 Å². The highest BCUT2D eigenvalue weighted by Crippen LogP contribution is 2.38. The summed E-state index contributed by atoms with van der Waals surface area (Å²) in [6.07, 6.45) is 95.5. The molecule has 3 atom stereocenters. The number of hydrogen-bond donors (Lipinski definition) is 1. The molecule has 1 N–H and O–H groups in total. The maximum Gasteiger partial charge on any atom is 0.306 e. The molecule has 0 radical (unpaired) electrons. The minimum absolute atomic E-state index is 0.0260. The molecule has 0 spiro atoms. The normalized spacial score (nSPS) is 14.0. The van der Waals surface area contributed by atoms with Gasteiger partial charge in [-0.05, 0) is 109 Å². The molecule has 0 aromatic rings. The van der Waals surface area contributed by atoms with E-state index in [1.807, 2.05) is 33.3 Å². The molecule has 0 rings (SSSR count). The first-order chi connectivity index (χ1) is 44.4. The highest BCUT2D eigenvalue weighted by atomic mass is 31.2. The topological polar surface area (TPSA) is 114 Å². The van der Waals surface area contributed by atoms with Crippen molar-refractivity contribution in [3.8, 4) is 0 Å². The fourth-order valence-electron chi connectivity index (χ4n) is 11.1. The van der Waals surface area contributed by atoms with Crippen LogP contribution in [0.3, 0.4) is 0 Å². The Morgan fingerprint density at radius 3 is 1.07 bits per heavy atom. The number of nitrogens with one attached hydrogen (secondary N) is 1. The molecule has 1 amide bonds. The summed E-state index contributed by atoms with van der Waals surface area (Å²) in [5.41, 5.74) is 0. The van der Waals surface area contributed by atoms with E-state index in [1.165, 1.54) is 212 Å². The van der Waals surface area contributed by atoms with Crippen molar-refractivity contribution in [2.75, 3.05) is 40.9 Å². The molecular weight excluding hydrogens is 1140 g/mol. The minimum Gasteiger partial charge on any atom is -0.756 e. The number of quaternary nitrogens is 1. The summed E-state index contributed by atoms with van der Waals surface area (Å²) < 4.78 is 30.5. The molecule has 0 aliphatic carbocycles. The molecule has 0 aromatic carbocycles. The Morgan fingerprint density at radius 1 is 0.396 bits per heavy atom. The van der Waals surface area contributed by atoms with E-state index < -0.39 is 26.6 Å². The molecule has 0 aromatic heterocycles. The first-order valence-electron chi connectivity index (χ1n) is 38.5. The van der Waals surface area contributed by atoms with Crippen LogP contribution < -0.4 is 10.2 Å². The van der Waals surface area contributed by atoms with E-state index in [0.29, 0.717) is 17.4 Å². The summed E-state index contributed by atoms with van der Waals surface area (Å²) in [7, 11) is 1.18. The second-order valence-electron chi connectivity index (χ2n) is 27.1. The van der Waals surface area contributed by atoms with E-state index in [9.17, 15) is 19.0 Å². The number of carbonyl (C=O) groups excluding carboxylic acids is 2. The van der Waals surface area contributed by atoms with E-state index in [2.05, 4.69) is 111 Å². The molecule has 9 nitrogen and oxygen atoms in total. The predicted molar refractivity (Wildman–Crippen MR) is 394 cm³/mol. The van der Waals surface area contributed by atoms with Gasteiger partial charge in [0.1, 0.15) is 19.3 Å². The zero-order valence-corrected chi connectivity index (χ0v) is 61.4. The number of phosphoric ester groups is 1. The molecule has 0 saturated heterocycles. The van der Waals surface area contributed by atoms with Crippen LogP contribution in [0.5, 0.6) is 0 Å². The van der Waals surface area contributed by atoms with Gasteiger partial charge in [0.15, 0.2) is 0 Å². The maximum atomic E-state index is 13.6. The predicted octanol–water partition coefficient (Wildman–Crippen LogP) is 24.4. The number of ether oxygens (including phenoxy) is 1. The van der Waals surface area contributed by atoms with Crippen molar-refractivity contribution in [3.05, 3.63) is 97.2 Å². The quantitative estimate of drug-likeness (QED) is 0.0212. The lowest BCUT2D eigenvalue weighted by Gasteiger charge is -2.30. The number of carbonyl (C=O) groups is 2. The van der Waals surface area contributed by atoms with Gasteiger partial charge in [0.2, 0.25) is 5.91 Å². The highest BCUT2D eigenvalue weighted by molar-refractivity contribution is 7.45. The summed E-state index contributed by atoms with van der Waals surface area (Å²) in [4.78, 5) is 40.3. The number of likely N-dealkylation sites (N-methyl/N-ethyl adjacent to an activating group) is 1. The third kappa shape index (κ3) is 71.1. The summed E-state index contributed by atoms with van der Waals surface area (Å²) in [6, 6.07) is -0.897. The minimum atomic E-state index is -4.71. The van der Waals surface area contributed by atoms with E-state index in [4.69, 9.17) is 13.8 Å². The van der Waals surface area contributed by atoms with Crippen molar-refractivity contribution in [1.29, 1.82) is 0 Å².